The Morgan fingerprint density at radius 2 is 1.49 bits per heavy atom. The minimum absolute atomic E-state index is 0.0121. The lowest BCUT2D eigenvalue weighted by Crippen LogP contribution is -2.62. The van der Waals surface area contributed by atoms with E-state index in [-0.39, 0.29) is 24.3 Å². The Labute approximate surface area is 327 Å². The number of ether oxygens (including phenoxy) is 1. The Morgan fingerprint density at radius 1 is 0.836 bits per heavy atom. The molecule has 2 rings (SSSR count). The first-order valence-electron chi connectivity index (χ1n) is 20.1. The number of hydrogen-bond acceptors (Lipinski definition) is 9. The highest BCUT2D eigenvalue weighted by Gasteiger charge is 2.39. The lowest BCUT2D eigenvalue weighted by atomic mass is 9.88. The number of nitrogens with zero attached hydrogens (tertiary/aromatic N) is 1. The van der Waals surface area contributed by atoms with Crippen molar-refractivity contribution in [1.29, 1.82) is 0 Å². The van der Waals surface area contributed by atoms with Gasteiger partial charge in [-0.3, -0.25) is 28.8 Å². The van der Waals surface area contributed by atoms with E-state index < -0.39 is 78.4 Å². The molecule has 0 saturated carbocycles. The first-order valence-corrected chi connectivity index (χ1v) is 20.1. The number of nitrogens with one attached hydrogen (secondary N) is 4. The van der Waals surface area contributed by atoms with E-state index in [9.17, 15) is 33.9 Å². The van der Waals surface area contributed by atoms with E-state index in [4.69, 9.17) is 10.5 Å². The number of hydrogen-bond donors (Lipinski definition) is 6. The first kappa shape index (κ1) is 47.1. The topological polar surface area (TPSA) is 209 Å². The third-order valence-electron chi connectivity index (χ3n) is 10.4. The lowest BCUT2D eigenvalue weighted by Gasteiger charge is -2.35. The number of unbranched alkanes of at least 4 members (excludes halogenated alkanes) is 3. The Bertz CT molecular complexity index is 1400. The van der Waals surface area contributed by atoms with E-state index in [1.807, 2.05) is 52.0 Å². The van der Waals surface area contributed by atoms with Crippen molar-refractivity contribution >= 4 is 35.5 Å². The SMILES string of the molecule is CCCCCC[C@H]1OC(=O)CNC(=O)[C@H]([C@H](C)O)NC(=O)[C@H](CN)NC(=O)[C@H]([C@H](C)CC)NC(=O)[C@H](CC(C)C)N(C)C(=O)[C@@H]1CCCc1ccc(C)cc1. The number of aliphatic hydroxyl groups excluding tert-OH is 1. The molecule has 5 amide bonds. The number of carbonyl (C=O) groups is 6. The number of amides is 5. The smallest absolute Gasteiger partial charge is 0.325 e. The second-order valence-corrected chi connectivity index (χ2v) is 15.6. The van der Waals surface area contributed by atoms with Gasteiger partial charge in [0, 0.05) is 13.6 Å². The fraction of sp³-hybridized carbons (Fsp3) is 0.707. The van der Waals surface area contributed by atoms with Gasteiger partial charge in [-0.1, -0.05) is 90.1 Å². The summed E-state index contributed by atoms with van der Waals surface area (Å²) in [5.74, 6) is -5.25. The van der Waals surface area contributed by atoms with Crippen LogP contribution >= 0.6 is 0 Å². The number of benzene rings is 1. The second kappa shape index (κ2) is 23.8. The zero-order valence-corrected chi connectivity index (χ0v) is 34.3. The van der Waals surface area contributed by atoms with E-state index in [1.165, 1.54) is 11.8 Å². The number of nitrogens with two attached hydrogens (primary N) is 1. The van der Waals surface area contributed by atoms with E-state index in [0.29, 0.717) is 44.9 Å². The lowest BCUT2D eigenvalue weighted by molar-refractivity contribution is -0.159. The van der Waals surface area contributed by atoms with Crippen molar-refractivity contribution in [2.24, 2.45) is 23.5 Å². The molecule has 0 bridgehead atoms. The molecule has 1 fully saturated rings. The van der Waals surface area contributed by atoms with Gasteiger partial charge in [0.2, 0.25) is 29.5 Å². The van der Waals surface area contributed by atoms with Crippen molar-refractivity contribution < 1.29 is 38.6 Å². The van der Waals surface area contributed by atoms with Gasteiger partial charge in [0.1, 0.15) is 36.8 Å². The van der Waals surface area contributed by atoms with E-state index in [1.54, 1.807) is 14.0 Å². The zero-order valence-electron chi connectivity index (χ0n) is 34.3. The fourth-order valence-corrected chi connectivity index (χ4v) is 6.75. The molecule has 1 aliphatic heterocycles. The number of esters is 1. The number of aliphatic hydroxyl groups is 1. The van der Waals surface area contributed by atoms with Gasteiger partial charge >= 0.3 is 5.97 Å². The molecule has 1 heterocycles. The van der Waals surface area contributed by atoms with Crippen molar-refractivity contribution in [3.63, 3.8) is 0 Å². The predicted octanol–water partition coefficient (Wildman–Crippen LogP) is 2.66. The van der Waals surface area contributed by atoms with Gasteiger partial charge in [-0.05, 0) is 69.8 Å². The number of carbonyl (C=O) groups excluding carboxylic acids is 6. The normalized spacial score (nSPS) is 25.1. The maximum atomic E-state index is 14.8. The van der Waals surface area contributed by atoms with Crippen molar-refractivity contribution in [2.45, 2.75) is 149 Å². The highest BCUT2D eigenvalue weighted by Crippen LogP contribution is 2.26. The predicted molar refractivity (Wildman–Crippen MR) is 211 cm³/mol. The van der Waals surface area contributed by atoms with Gasteiger partial charge in [0.25, 0.3) is 0 Å². The van der Waals surface area contributed by atoms with Crippen LogP contribution in [0.1, 0.15) is 110 Å². The van der Waals surface area contributed by atoms with E-state index in [2.05, 4.69) is 28.2 Å². The average Bonchev–Trinajstić information content (AvgIpc) is 3.15. The molecule has 55 heavy (non-hydrogen) atoms. The number of likely N-dealkylation sites (N-methyl/N-ethyl adjacent to an activating group) is 1. The summed E-state index contributed by atoms with van der Waals surface area (Å²) in [5, 5.41) is 20.8. The molecule has 0 aromatic heterocycles. The van der Waals surface area contributed by atoms with Crippen molar-refractivity contribution in [3.05, 3.63) is 35.4 Å². The molecule has 1 saturated heterocycles. The van der Waals surface area contributed by atoms with Crippen molar-refractivity contribution in [3.8, 4) is 0 Å². The summed E-state index contributed by atoms with van der Waals surface area (Å²) < 4.78 is 6.04. The second-order valence-electron chi connectivity index (χ2n) is 15.6. The molecular formula is C41H68N6O8. The van der Waals surface area contributed by atoms with Crippen molar-refractivity contribution in [1.82, 2.24) is 26.2 Å². The fourth-order valence-electron chi connectivity index (χ4n) is 6.75. The Kier molecular flexibility index (Phi) is 20.4. The molecule has 0 unspecified atom stereocenters. The molecule has 310 valence electrons. The molecule has 0 spiro atoms. The van der Waals surface area contributed by atoms with Crippen LogP contribution in [0.2, 0.25) is 0 Å². The molecule has 1 aliphatic rings. The Balaban J connectivity index is 2.67. The average molecular weight is 773 g/mol. The van der Waals surface area contributed by atoms with Crippen LogP contribution in [0, 0.1) is 24.7 Å². The van der Waals surface area contributed by atoms with Crippen LogP contribution in [0.15, 0.2) is 24.3 Å². The van der Waals surface area contributed by atoms with Crippen LogP contribution in [0.25, 0.3) is 0 Å². The third-order valence-corrected chi connectivity index (χ3v) is 10.4. The highest BCUT2D eigenvalue weighted by atomic mass is 16.5. The molecule has 7 N–H and O–H groups in total. The quantitative estimate of drug-likeness (QED) is 0.114. The van der Waals surface area contributed by atoms with Crippen LogP contribution in [0.4, 0.5) is 0 Å². The van der Waals surface area contributed by atoms with Gasteiger partial charge in [-0.25, -0.2) is 0 Å². The monoisotopic (exact) mass is 773 g/mol. The number of rotatable bonds is 15. The van der Waals surface area contributed by atoms with E-state index in [0.717, 1.165) is 30.4 Å². The van der Waals surface area contributed by atoms with Gasteiger partial charge in [0.15, 0.2) is 0 Å². The molecule has 1 aromatic carbocycles. The number of cyclic esters (lactones) is 1. The van der Waals surface area contributed by atoms with Crippen LogP contribution in [-0.4, -0.2) is 102 Å². The number of aryl methyl sites for hydroxylation is 2. The third kappa shape index (κ3) is 15.2. The van der Waals surface area contributed by atoms with Crippen LogP contribution in [0.5, 0.6) is 0 Å². The van der Waals surface area contributed by atoms with Gasteiger partial charge in [0.05, 0.1) is 12.0 Å². The maximum absolute atomic E-state index is 14.8. The van der Waals surface area contributed by atoms with Gasteiger partial charge in [-0.15, -0.1) is 0 Å². The Hall–Kier alpha value is -4.04. The summed E-state index contributed by atoms with van der Waals surface area (Å²) in [6, 6.07) is 3.29. The molecule has 14 nitrogen and oxygen atoms in total. The van der Waals surface area contributed by atoms with Crippen LogP contribution < -0.4 is 27.0 Å². The minimum Gasteiger partial charge on any atom is -0.460 e. The molecular weight excluding hydrogens is 704 g/mol. The van der Waals surface area contributed by atoms with Crippen LogP contribution in [0.3, 0.4) is 0 Å². The summed E-state index contributed by atoms with van der Waals surface area (Å²) in [6.45, 7) is 12.0. The van der Waals surface area contributed by atoms with Crippen LogP contribution in [-0.2, 0) is 39.9 Å². The summed E-state index contributed by atoms with van der Waals surface area (Å²) in [7, 11) is 1.57. The molecule has 0 aliphatic carbocycles. The molecule has 8 atom stereocenters. The maximum Gasteiger partial charge on any atom is 0.325 e. The summed E-state index contributed by atoms with van der Waals surface area (Å²) in [6.07, 6.45) is 4.05. The summed E-state index contributed by atoms with van der Waals surface area (Å²) in [5.41, 5.74) is 8.12. The molecule has 14 heteroatoms. The van der Waals surface area contributed by atoms with Gasteiger partial charge in [-0.2, -0.15) is 0 Å². The van der Waals surface area contributed by atoms with Gasteiger partial charge < -0.3 is 41.7 Å². The standard InChI is InChI=1S/C41H68N6O8/c1-9-11-12-13-17-33-30(16-14-15-29-20-18-26(5)19-21-29)41(54)47(8)32(22-25(3)4)38(51)45-35(27(6)10-2)40(53)44-31(23-42)37(50)46-36(28(7)48)39(52)43-24-34(49)55-33/h18-21,25,27-28,30-33,35-36,48H,9-17,22-24,42H2,1-8H3,(H,43,52)(H,44,53)(H,45,51)(H,46,50)/t27-,28+,30-,31+,32+,33-,35+,36+/m1/s1. The highest BCUT2D eigenvalue weighted by molar-refractivity contribution is 5.96. The minimum atomic E-state index is -1.50. The molecule has 1 aromatic rings. The van der Waals surface area contributed by atoms with E-state index >= 15 is 0 Å². The molecule has 0 radical (unpaired) electrons. The zero-order chi connectivity index (χ0) is 41.2. The summed E-state index contributed by atoms with van der Waals surface area (Å²) >= 11 is 0. The van der Waals surface area contributed by atoms with Crippen molar-refractivity contribution in [2.75, 3.05) is 20.1 Å². The largest absolute Gasteiger partial charge is 0.460 e. The summed E-state index contributed by atoms with van der Waals surface area (Å²) in [4.78, 5) is 84.2. The Morgan fingerprint density at radius 3 is 2.07 bits per heavy atom. The first-order chi connectivity index (χ1) is 26.0.